The summed E-state index contributed by atoms with van der Waals surface area (Å²) in [5.41, 5.74) is 2.05. The molecule has 1 N–H and O–H groups in total. The lowest BCUT2D eigenvalue weighted by Crippen LogP contribution is -2.52. The van der Waals surface area contributed by atoms with Gasteiger partial charge in [0.2, 0.25) is 0 Å². The molecule has 0 saturated carbocycles. The van der Waals surface area contributed by atoms with Gasteiger partial charge in [0.25, 0.3) is 5.91 Å². The SMILES string of the molecule is CC(C)(C)c1ccc(C(=O)N2CCN(c3cccc[n+]3O)CC2)cc1. The number of piperazine rings is 1. The number of hydrogen-bond acceptors (Lipinski definition) is 3. The molecule has 1 aromatic carbocycles. The van der Waals surface area contributed by atoms with E-state index in [0.717, 1.165) is 16.1 Å². The maximum atomic E-state index is 12.7. The molecule has 0 unspecified atom stereocenters. The van der Waals surface area contributed by atoms with Crippen molar-refractivity contribution in [1.29, 1.82) is 0 Å². The second-order valence-corrected chi connectivity index (χ2v) is 7.51. The summed E-state index contributed by atoms with van der Waals surface area (Å²) in [7, 11) is 0. The lowest BCUT2D eigenvalue weighted by atomic mass is 9.86. The largest absolute Gasteiger partial charge is 0.350 e. The molecule has 0 radical (unpaired) electrons. The second-order valence-electron chi connectivity index (χ2n) is 7.51. The first-order valence-corrected chi connectivity index (χ1v) is 8.71. The molecule has 2 aromatic rings. The number of carbonyl (C=O) groups excluding carboxylic acids is 1. The normalized spacial score (nSPS) is 15.3. The van der Waals surface area contributed by atoms with Gasteiger partial charge in [-0.2, -0.15) is 0 Å². The molecule has 0 atom stereocenters. The number of aromatic nitrogens is 1. The fourth-order valence-electron chi connectivity index (χ4n) is 3.11. The summed E-state index contributed by atoms with van der Waals surface area (Å²) in [6.07, 6.45) is 1.61. The zero-order chi connectivity index (χ0) is 18.0. The molecule has 2 heterocycles. The van der Waals surface area contributed by atoms with Crippen molar-refractivity contribution in [2.75, 3.05) is 31.1 Å². The van der Waals surface area contributed by atoms with Gasteiger partial charge >= 0.3 is 5.82 Å². The highest BCUT2D eigenvalue weighted by atomic mass is 16.5. The molecule has 1 saturated heterocycles. The molecular formula is C20H26N3O2+. The van der Waals surface area contributed by atoms with Crippen LogP contribution in [0.4, 0.5) is 5.82 Å². The summed E-state index contributed by atoms with van der Waals surface area (Å²) >= 11 is 0. The molecule has 25 heavy (non-hydrogen) atoms. The van der Waals surface area contributed by atoms with Crippen molar-refractivity contribution in [2.24, 2.45) is 0 Å². The number of amides is 1. The van der Waals surface area contributed by atoms with Crippen LogP contribution in [0.1, 0.15) is 36.7 Å². The van der Waals surface area contributed by atoms with E-state index in [-0.39, 0.29) is 11.3 Å². The molecule has 0 bridgehead atoms. The second kappa shape index (κ2) is 6.75. The van der Waals surface area contributed by atoms with Crippen LogP contribution in [0.25, 0.3) is 0 Å². The molecule has 1 fully saturated rings. The van der Waals surface area contributed by atoms with Crippen molar-refractivity contribution in [3.05, 3.63) is 59.8 Å². The van der Waals surface area contributed by atoms with Gasteiger partial charge in [-0.1, -0.05) is 43.7 Å². The Morgan fingerprint density at radius 1 is 1.00 bits per heavy atom. The van der Waals surface area contributed by atoms with Crippen LogP contribution >= 0.6 is 0 Å². The molecule has 0 aliphatic carbocycles. The van der Waals surface area contributed by atoms with Crippen LogP contribution in [0.3, 0.4) is 0 Å². The standard InChI is InChI=1S/C20H26N3O2/c1-20(2,3)17-9-7-16(8-10-17)19(24)22-14-12-21(13-15-22)18-6-4-5-11-23(18)25/h4-11,25H,12-15H2,1-3H3/q+1. The molecule has 3 rings (SSSR count). The van der Waals surface area contributed by atoms with Gasteiger partial charge in [0, 0.05) is 11.6 Å². The predicted octanol–water partition coefficient (Wildman–Crippen LogP) is 2.47. The van der Waals surface area contributed by atoms with Crippen LogP contribution in [0.15, 0.2) is 48.7 Å². The number of nitrogens with zero attached hydrogens (tertiary/aromatic N) is 3. The maximum Gasteiger partial charge on any atom is 0.316 e. The molecule has 5 heteroatoms. The number of pyridine rings is 1. The maximum absolute atomic E-state index is 12.7. The number of rotatable bonds is 2. The highest BCUT2D eigenvalue weighted by molar-refractivity contribution is 5.94. The molecule has 1 aliphatic rings. The summed E-state index contributed by atoms with van der Waals surface area (Å²) in [6.45, 7) is 9.20. The van der Waals surface area contributed by atoms with E-state index in [1.54, 1.807) is 12.3 Å². The van der Waals surface area contributed by atoms with Gasteiger partial charge in [-0.05, 0) is 29.2 Å². The van der Waals surface area contributed by atoms with Gasteiger partial charge in [0.05, 0.1) is 13.1 Å². The van der Waals surface area contributed by atoms with Crippen molar-refractivity contribution in [3.8, 4) is 0 Å². The molecule has 1 aliphatic heterocycles. The van der Waals surface area contributed by atoms with E-state index in [2.05, 4.69) is 25.7 Å². The van der Waals surface area contributed by atoms with Crippen LogP contribution in [0.5, 0.6) is 0 Å². The highest BCUT2D eigenvalue weighted by Crippen LogP contribution is 2.23. The summed E-state index contributed by atoms with van der Waals surface area (Å²) < 4.78 is 1.13. The lowest BCUT2D eigenvalue weighted by Gasteiger charge is -2.31. The quantitative estimate of drug-likeness (QED) is 0.675. The summed E-state index contributed by atoms with van der Waals surface area (Å²) in [4.78, 5) is 16.7. The molecule has 5 nitrogen and oxygen atoms in total. The van der Waals surface area contributed by atoms with Gasteiger partial charge < -0.3 is 10.1 Å². The summed E-state index contributed by atoms with van der Waals surface area (Å²) in [5.74, 6) is 0.828. The zero-order valence-corrected chi connectivity index (χ0v) is 15.1. The summed E-state index contributed by atoms with van der Waals surface area (Å²) in [6, 6.07) is 13.5. The Morgan fingerprint density at radius 3 is 2.20 bits per heavy atom. The predicted molar refractivity (Wildman–Crippen MR) is 97.1 cm³/mol. The fraction of sp³-hybridized carbons (Fsp3) is 0.400. The van der Waals surface area contributed by atoms with Crippen molar-refractivity contribution in [2.45, 2.75) is 26.2 Å². The van der Waals surface area contributed by atoms with Crippen LogP contribution in [0, 0.1) is 0 Å². The smallest absolute Gasteiger partial charge is 0.316 e. The first-order chi connectivity index (χ1) is 11.9. The third kappa shape index (κ3) is 3.76. The molecule has 132 valence electrons. The molecule has 1 aromatic heterocycles. The van der Waals surface area contributed by atoms with Gasteiger partial charge in [-0.25, -0.2) is 0 Å². The Labute approximate surface area is 149 Å². The minimum Gasteiger partial charge on any atom is -0.350 e. The lowest BCUT2D eigenvalue weighted by molar-refractivity contribution is -0.894. The van der Waals surface area contributed by atoms with E-state index < -0.39 is 0 Å². The van der Waals surface area contributed by atoms with E-state index in [1.807, 2.05) is 41.3 Å². The van der Waals surface area contributed by atoms with Gasteiger partial charge in [-0.15, -0.1) is 0 Å². The third-order valence-corrected chi connectivity index (χ3v) is 4.71. The molecular weight excluding hydrogens is 314 g/mol. The van der Waals surface area contributed by atoms with E-state index in [4.69, 9.17) is 0 Å². The Hall–Kier alpha value is -2.56. The Balaban J connectivity index is 1.65. The van der Waals surface area contributed by atoms with Crippen molar-refractivity contribution >= 4 is 11.7 Å². The average molecular weight is 340 g/mol. The van der Waals surface area contributed by atoms with Gasteiger partial charge in [-0.3, -0.25) is 9.69 Å². The minimum atomic E-state index is 0.0741. The van der Waals surface area contributed by atoms with Crippen molar-refractivity contribution in [1.82, 2.24) is 4.90 Å². The van der Waals surface area contributed by atoms with E-state index in [0.29, 0.717) is 26.2 Å². The highest BCUT2D eigenvalue weighted by Gasteiger charge is 2.28. The van der Waals surface area contributed by atoms with Gasteiger partial charge in [0.1, 0.15) is 19.3 Å². The van der Waals surface area contributed by atoms with E-state index in [9.17, 15) is 10.0 Å². The third-order valence-electron chi connectivity index (χ3n) is 4.71. The minimum absolute atomic E-state index is 0.0741. The van der Waals surface area contributed by atoms with E-state index in [1.165, 1.54) is 5.56 Å². The first kappa shape index (κ1) is 17.3. The Bertz CT molecular complexity index is 742. The molecule has 1 amide bonds. The number of anilines is 1. The van der Waals surface area contributed by atoms with E-state index >= 15 is 0 Å². The van der Waals surface area contributed by atoms with Crippen LogP contribution < -0.4 is 9.63 Å². The number of carbonyl (C=O) groups is 1. The van der Waals surface area contributed by atoms with Crippen LogP contribution in [-0.2, 0) is 5.41 Å². The van der Waals surface area contributed by atoms with Crippen LogP contribution in [0.2, 0.25) is 0 Å². The number of hydrogen-bond donors (Lipinski definition) is 1. The first-order valence-electron chi connectivity index (χ1n) is 8.71. The van der Waals surface area contributed by atoms with Crippen LogP contribution in [-0.4, -0.2) is 42.2 Å². The Kier molecular flexibility index (Phi) is 4.66. The average Bonchev–Trinajstić information content (AvgIpc) is 2.61. The molecule has 0 spiro atoms. The van der Waals surface area contributed by atoms with Crippen molar-refractivity contribution in [3.63, 3.8) is 0 Å². The fourth-order valence-corrected chi connectivity index (χ4v) is 3.11. The number of benzene rings is 1. The monoisotopic (exact) mass is 340 g/mol. The summed E-state index contributed by atoms with van der Waals surface area (Å²) in [5, 5.41) is 9.90. The zero-order valence-electron chi connectivity index (χ0n) is 15.1. The van der Waals surface area contributed by atoms with Gasteiger partial charge in [0.15, 0.2) is 0 Å². The van der Waals surface area contributed by atoms with Crippen molar-refractivity contribution < 1.29 is 14.7 Å². The Morgan fingerprint density at radius 2 is 1.64 bits per heavy atom. The topological polar surface area (TPSA) is 47.7 Å².